The van der Waals surface area contributed by atoms with Gasteiger partial charge in [0, 0.05) is 4.47 Å². The second kappa shape index (κ2) is 5.05. The van der Waals surface area contributed by atoms with E-state index in [2.05, 4.69) is 20.7 Å². The van der Waals surface area contributed by atoms with Gasteiger partial charge in [-0.15, -0.1) is 0 Å². The van der Waals surface area contributed by atoms with E-state index in [0.717, 1.165) is 19.2 Å². The molecular weight excluding hydrogens is 303 g/mol. The van der Waals surface area contributed by atoms with Crippen molar-refractivity contribution in [1.82, 2.24) is 0 Å². The molecule has 0 unspecified atom stereocenters. The Morgan fingerprint density at radius 2 is 2.06 bits per heavy atom. The molecule has 0 aliphatic carbocycles. The first-order valence-corrected chi connectivity index (χ1v) is 5.26. The molecule has 17 heavy (non-hydrogen) atoms. The summed E-state index contributed by atoms with van der Waals surface area (Å²) < 4.78 is 42.1. The molecule has 7 heteroatoms. The number of carbonyl (C=O) groups is 1. The van der Waals surface area contributed by atoms with Crippen LogP contribution in [0, 0.1) is 0 Å². The van der Waals surface area contributed by atoms with Crippen LogP contribution in [0.15, 0.2) is 22.7 Å². The van der Waals surface area contributed by atoms with E-state index in [1.165, 1.54) is 6.07 Å². The lowest BCUT2D eigenvalue weighted by molar-refractivity contribution is -0.143. The lowest BCUT2D eigenvalue weighted by Gasteiger charge is -2.14. The zero-order valence-corrected chi connectivity index (χ0v) is 10.3. The van der Waals surface area contributed by atoms with Crippen LogP contribution in [0.4, 0.5) is 13.2 Å². The number of halogens is 4. The summed E-state index contributed by atoms with van der Waals surface area (Å²) in [4.78, 5) is 11.2. The molecule has 0 aromatic heterocycles. The van der Waals surface area contributed by atoms with Crippen LogP contribution in [0.25, 0.3) is 0 Å². The van der Waals surface area contributed by atoms with Gasteiger partial charge in [0.2, 0.25) is 0 Å². The Hall–Kier alpha value is -1.08. The summed E-state index contributed by atoms with van der Waals surface area (Å²) in [6.45, 7) is 0. The molecule has 94 valence electrons. The first kappa shape index (κ1) is 14.0. The molecule has 0 aliphatic heterocycles. The molecule has 1 aromatic rings. The molecule has 0 saturated heterocycles. The van der Waals surface area contributed by atoms with Crippen molar-refractivity contribution in [3.05, 3.63) is 33.8 Å². The van der Waals surface area contributed by atoms with Crippen LogP contribution in [0.5, 0.6) is 0 Å². The van der Waals surface area contributed by atoms with Crippen molar-refractivity contribution in [2.24, 2.45) is 5.73 Å². The molecule has 0 spiro atoms. The van der Waals surface area contributed by atoms with Gasteiger partial charge < -0.3 is 10.5 Å². The van der Waals surface area contributed by atoms with Crippen molar-refractivity contribution in [3.8, 4) is 0 Å². The Morgan fingerprint density at radius 3 is 2.53 bits per heavy atom. The number of methoxy groups -OCH3 is 1. The number of benzene rings is 1. The van der Waals surface area contributed by atoms with Crippen LogP contribution >= 0.6 is 15.9 Å². The quantitative estimate of drug-likeness (QED) is 0.854. The summed E-state index contributed by atoms with van der Waals surface area (Å²) in [6.07, 6.45) is -4.48. The van der Waals surface area contributed by atoms with Gasteiger partial charge in [0.1, 0.15) is 6.04 Å². The zero-order chi connectivity index (χ0) is 13.2. The minimum absolute atomic E-state index is 0.0340. The molecule has 0 heterocycles. The van der Waals surface area contributed by atoms with Gasteiger partial charge in [0.25, 0.3) is 0 Å². The molecule has 1 rings (SSSR count). The van der Waals surface area contributed by atoms with Gasteiger partial charge >= 0.3 is 12.1 Å². The van der Waals surface area contributed by atoms with E-state index in [1.807, 2.05) is 0 Å². The van der Waals surface area contributed by atoms with Crippen LogP contribution < -0.4 is 5.73 Å². The molecule has 0 radical (unpaired) electrons. The first-order valence-electron chi connectivity index (χ1n) is 4.47. The number of alkyl halides is 3. The SMILES string of the molecule is COC(=O)[C@H](N)c1cc(C(F)(F)F)ccc1Br. The summed E-state index contributed by atoms with van der Waals surface area (Å²) >= 11 is 3.04. The number of carbonyl (C=O) groups excluding carboxylic acids is 1. The maximum atomic E-state index is 12.5. The fourth-order valence-electron chi connectivity index (χ4n) is 1.21. The van der Waals surface area contributed by atoms with E-state index in [1.54, 1.807) is 0 Å². The summed E-state index contributed by atoms with van der Waals surface area (Å²) in [5, 5.41) is 0. The molecule has 0 bridgehead atoms. The third-order valence-electron chi connectivity index (χ3n) is 2.11. The monoisotopic (exact) mass is 311 g/mol. The fourth-order valence-corrected chi connectivity index (χ4v) is 1.71. The zero-order valence-electron chi connectivity index (χ0n) is 8.72. The molecule has 2 N–H and O–H groups in total. The van der Waals surface area contributed by atoms with Crippen LogP contribution in [0.2, 0.25) is 0 Å². The topological polar surface area (TPSA) is 52.3 Å². The van der Waals surface area contributed by atoms with Crippen molar-refractivity contribution in [3.63, 3.8) is 0 Å². The largest absolute Gasteiger partial charge is 0.468 e. The molecule has 1 atom stereocenters. The Labute approximate surface area is 104 Å². The molecule has 0 aliphatic rings. The molecule has 0 fully saturated rings. The standard InChI is InChI=1S/C10H9BrF3NO2/c1-17-9(16)8(15)6-4-5(10(12,13)14)2-3-7(6)11/h2-4,8H,15H2,1H3/t8-/m1/s1. The highest BCUT2D eigenvalue weighted by atomic mass is 79.9. The summed E-state index contributed by atoms with van der Waals surface area (Å²) in [5.41, 5.74) is 4.66. The Kier molecular flexibility index (Phi) is 4.16. The predicted molar refractivity (Wildman–Crippen MR) is 58.1 cm³/mol. The third-order valence-corrected chi connectivity index (χ3v) is 2.84. The molecule has 3 nitrogen and oxygen atoms in total. The van der Waals surface area contributed by atoms with Gasteiger partial charge in [0.15, 0.2) is 0 Å². The van der Waals surface area contributed by atoms with Crippen molar-refractivity contribution >= 4 is 21.9 Å². The Morgan fingerprint density at radius 1 is 1.47 bits per heavy atom. The second-order valence-corrected chi connectivity index (χ2v) is 4.09. The first-order chi connectivity index (χ1) is 7.77. The fraction of sp³-hybridized carbons (Fsp3) is 0.300. The molecular formula is C10H9BrF3NO2. The van der Waals surface area contributed by atoms with E-state index in [0.29, 0.717) is 4.47 Å². The molecule has 1 aromatic carbocycles. The number of esters is 1. The average molecular weight is 312 g/mol. The van der Waals surface area contributed by atoms with Gasteiger partial charge in [-0.25, -0.2) is 0 Å². The smallest absolute Gasteiger partial charge is 0.416 e. The van der Waals surface area contributed by atoms with Crippen LogP contribution in [0.1, 0.15) is 17.2 Å². The van der Waals surface area contributed by atoms with Gasteiger partial charge in [-0.1, -0.05) is 15.9 Å². The Balaban J connectivity index is 3.20. The lowest BCUT2D eigenvalue weighted by atomic mass is 10.0. The van der Waals surface area contributed by atoms with Crippen LogP contribution in [-0.4, -0.2) is 13.1 Å². The molecule has 0 saturated carbocycles. The highest BCUT2D eigenvalue weighted by molar-refractivity contribution is 9.10. The second-order valence-electron chi connectivity index (χ2n) is 3.23. The average Bonchev–Trinajstić information content (AvgIpc) is 2.26. The number of nitrogens with two attached hydrogens (primary N) is 1. The molecule has 0 amide bonds. The van der Waals surface area contributed by atoms with Gasteiger partial charge in [-0.3, -0.25) is 4.79 Å². The highest BCUT2D eigenvalue weighted by Gasteiger charge is 2.32. The summed E-state index contributed by atoms with van der Waals surface area (Å²) in [7, 11) is 1.11. The van der Waals surface area contributed by atoms with Gasteiger partial charge in [-0.2, -0.15) is 13.2 Å². The third kappa shape index (κ3) is 3.19. The summed E-state index contributed by atoms with van der Waals surface area (Å²) in [5.74, 6) is -0.801. The van der Waals surface area contributed by atoms with Crippen molar-refractivity contribution in [2.45, 2.75) is 12.2 Å². The highest BCUT2D eigenvalue weighted by Crippen LogP contribution is 2.33. The number of hydrogen-bond donors (Lipinski definition) is 1. The number of rotatable bonds is 2. The Bertz CT molecular complexity index is 434. The van der Waals surface area contributed by atoms with Crippen molar-refractivity contribution in [2.75, 3.05) is 7.11 Å². The maximum absolute atomic E-state index is 12.5. The lowest BCUT2D eigenvalue weighted by Crippen LogP contribution is -2.23. The predicted octanol–water partition coefficient (Wildman–Crippen LogP) is 2.64. The van der Waals surface area contributed by atoms with E-state index in [9.17, 15) is 18.0 Å². The van der Waals surface area contributed by atoms with Crippen LogP contribution in [-0.2, 0) is 15.7 Å². The minimum Gasteiger partial charge on any atom is -0.468 e. The summed E-state index contributed by atoms with van der Waals surface area (Å²) in [6, 6.07) is 1.67. The van der Waals surface area contributed by atoms with Gasteiger partial charge in [0.05, 0.1) is 12.7 Å². The number of ether oxygens (including phenoxy) is 1. The van der Waals surface area contributed by atoms with E-state index < -0.39 is 23.8 Å². The van der Waals surface area contributed by atoms with Gasteiger partial charge in [-0.05, 0) is 23.8 Å². The normalized spacial score (nSPS) is 13.3. The van der Waals surface area contributed by atoms with E-state index in [-0.39, 0.29) is 5.56 Å². The van der Waals surface area contributed by atoms with Crippen molar-refractivity contribution < 1.29 is 22.7 Å². The van der Waals surface area contributed by atoms with E-state index in [4.69, 9.17) is 5.73 Å². The minimum atomic E-state index is -4.48. The van der Waals surface area contributed by atoms with Crippen molar-refractivity contribution in [1.29, 1.82) is 0 Å². The maximum Gasteiger partial charge on any atom is 0.416 e. The van der Waals surface area contributed by atoms with Crippen LogP contribution in [0.3, 0.4) is 0 Å². The number of hydrogen-bond acceptors (Lipinski definition) is 3. The van der Waals surface area contributed by atoms with E-state index >= 15 is 0 Å².